The molecule has 0 atom stereocenters. The molecule has 1 saturated carbocycles. The number of rotatable bonds is 5. The average Bonchev–Trinajstić information content (AvgIpc) is 3.23. The Bertz CT molecular complexity index is 507. The minimum absolute atomic E-state index is 0. The zero-order chi connectivity index (χ0) is 14.7. The molecule has 1 aromatic rings. The fraction of sp³-hybridized carbons (Fsp3) is 0.588. The molecule has 4 nitrogen and oxygen atoms in total. The van der Waals surface area contributed by atoms with Crippen molar-refractivity contribution in [1.82, 2.24) is 9.80 Å². The van der Waals surface area contributed by atoms with E-state index in [2.05, 4.69) is 39.1 Å². The van der Waals surface area contributed by atoms with E-state index in [9.17, 15) is 0 Å². The number of benzene rings is 1. The van der Waals surface area contributed by atoms with Crippen molar-refractivity contribution in [1.29, 1.82) is 0 Å². The van der Waals surface area contributed by atoms with Crippen molar-refractivity contribution in [2.45, 2.75) is 44.8 Å². The number of aliphatic imine (C=N–C) groups is 1. The van der Waals surface area contributed by atoms with Crippen molar-refractivity contribution in [3.05, 3.63) is 35.4 Å². The summed E-state index contributed by atoms with van der Waals surface area (Å²) in [5, 5.41) is 0. The standard InChI is InChI=1S/C17H26N4.HI/c1-20(16-7-8-16)17(18)19-12-14-5-4-6-15(11-14)13-21-9-2-3-10-21;/h4-6,11,16H,2-3,7-10,12-13H2,1H3,(H2,18,19);1H. The number of nitrogens with two attached hydrogens (primary N) is 1. The van der Waals surface area contributed by atoms with Gasteiger partial charge >= 0.3 is 0 Å². The maximum Gasteiger partial charge on any atom is 0.191 e. The van der Waals surface area contributed by atoms with E-state index in [1.54, 1.807) is 0 Å². The molecule has 3 rings (SSSR count). The SMILES string of the molecule is CN(C(N)=NCc1cccc(CN2CCCC2)c1)C1CC1.I. The highest BCUT2D eigenvalue weighted by atomic mass is 127. The van der Waals surface area contributed by atoms with Crippen LogP contribution in [0.25, 0.3) is 0 Å². The van der Waals surface area contributed by atoms with Gasteiger partial charge in [-0.05, 0) is 49.9 Å². The Hall–Kier alpha value is -0.820. The summed E-state index contributed by atoms with van der Waals surface area (Å²) < 4.78 is 0. The monoisotopic (exact) mass is 414 g/mol. The fourth-order valence-electron chi connectivity index (χ4n) is 2.96. The van der Waals surface area contributed by atoms with Crippen molar-refractivity contribution in [3.63, 3.8) is 0 Å². The maximum absolute atomic E-state index is 6.04. The van der Waals surface area contributed by atoms with E-state index in [-0.39, 0.29) is 24.0 Å². The van der Waals surface area contributed by atoms with Crippen molar-refractivity contribution >= 4 is 29.9 Å². The van der Waals surface area contributed by atoms with Crippen molar-refractivity contribution in [2.75, 3.05) is 20.1 Å². The fourth-order valence-corrected chi connectivity index (χ4v) is 2.96. The molecule has 2 fully saturated rings. The summed E-state index contributed by atoms with van der Waals surface area (Å²) >= 11 is 0. The first-order chi connectivity index (χ1) is 10.2. The molecule has 22 heavy (non-hydrogen) atoms. The third-order valence-electron chi connectivity index (χ3n) is 4.48. The highest BCUT2D eigenvalue weighted by Gasteiger charge is 2.27. The minimum atomic E-state index is 0. The van der Waals surface area contributed by atoms with Crippen molar-refractivity contribution in [3.8, 4) is 0 Å². The molecule has 2 N–H and O–H groups in total. The van der Waals surface area contributed by atoms with Crippen LogP contribution in [-0.2, 0) is 13.1 Å². The lowest BCUT2D eigenvalue weighted by Crippen LogP contribution is -2.35. The summed E-state index contributed by atoms with van der Waals surface area (Å²) in [5.74, 6) is 0.669. The summed E-state index contributed by atoms with van der Waals surface area (Å²) in [6.45, 7) is 4.22. The van der Waals surface area contributed by atoms with E-state index in [0.717, 1.165) is 6.54 Å². The van der Waals surface area contributed by atoms with Gasteiger partial charge in [0.25, 0.3) is 0 Å². The van der Waals surface area contributed by atoms with Crippen LogP contribution in [0.1, 0.15) is 36.8 Å². The lowest BCUT2D eigenvalue weighted by atomic mass is 10.1. The van der Waals surface area contributed by atoms with Gasteiger partial charge in [0.2, 0.25) is 0 Å². The molecule has 0 amide bonds. The molecule has 1 saturated heterocycles. The smallest absolute Gasteiger partial charge is 0.191 e. The molecule has 1 aromatic carbocycles. The van der Waals surface area contributed by atoms with Gasteiger partial charge in [0, 0.05) is 19.6 Å². The normalized spacial score (nSPS) is 19.0. The highest BCUT2D eigenvalue weighted by molar-refractivity contribution is 14.0. The second-order valence-electron chi connectivity index (χ2n) is 6.32. The summed E-state index contributed by atoms with van der Waals surface area (Å²) in [6.07, 6.45) is 5.18. The third kappa shape index (κ3) is 4.84. The zero-order valence-corrected chi connectivity index (χ0v) is 15.7. The molecule has 5 heteroatoms. The van der Waals surface area contributed by atoms with Crippen LogP contribution in [0.5, 0.6) is 0 Å². The second-order valence-corrected chi connectivity index (χ2v) is 6.32. The Labute approximate surface area is 150 Å². The van der Waals surface area contributed by atoms with Crippen LogP contribution in [0, 0.1) is 0 Å². The molecule has 0 aromatic heterocycles. The largest absolute Gasteiger partial charge is 0.370 e. The van der Waals surface area contributed by atoms with Gasteiger partial charge in [0.15, 0.2) is 5.96 Å². The van der Waals surface area contributed by atoms with Crippen molar-refractivity contribution in [2.24, 2.45) is 10.7 Å². The number of hydrogen-bond acceptors (Lipinski definition) is 2. The third-order valence-corrected chi connectivity index (χ3v) is 4.48. The number of nitrogens with zero attached hydrogens (tertiary/aromatic N) is 3. The Morgan fingerprint density at radius 1 is 1.27 bits per heavy atom. The van der Waals surface area contributed by atoms with Crippen molar-refractivity contribution < 1.29 is 0 Å². The molecule has 122 valence electrons. The van der Waals surface area contributed by atoms with Crippen LogP contribution in [0.3, 0.4) is 0 Å². The first-order valence-electron chi connectivity index (χ1n) is 8.05. The molecule has 1 heterocycles. The lowest BCUT2D eigenvalue weighted by Gasteiger charge is -2.17. The van der Waals surface area contributed by atoms with Gasteiger partial charge in [-0.25, -0.2) is 4.99 Å². The Kier molecular flexibility index (Phi) is 6.50. The van der Waals surface area contributed by atoms with E-state index in [0.29, 0.717) is 18.5 Å². The van der Waals surface area contributed by atoms with Crippen LogP contribution >= 0.6 is 24.0 Å². The summed E-state index contributed by atoms with van der Waals surface area (Å²) in [4.78, 5) is 9.17. The maximum atomic E-state index is 6.04. The molecule has 0 bridgehead atoms. The Morgan fingerprint density at radius 3 is 2.64 bits per heavy atom. The molecule has 0 unspecified atom stereocenters. The second kappa shape index (κ2) is 8.15. The zero-order valence-electron chi connectivity index (χ0n) is 13.4. The molecule has 1 aliphatic heterocycles. The van der Waals surface area contributed by atoms with E-state index in [4.69, 9.17) is 5.73 Å². The van der Waals surface area contributed by atoms with Crippen LogP contribution < -0.4 is 5.73 Å². The van der Waals surface area contributed by atoms with Gasteiger partial charge in [-0.15, -0.1) is 24.0 Å². The molecule has 0 spiro atoms. The van der Waals surface area contributed by atoms with Gasteiger partial charge in [-0.2, -0.15) is 0 Å². The summed E-state index contributed by atoms with van der Waals surface area (Å²) in [5.41, 5.74) is 8.68. The molecular formula is C17H27IN4. The first-order valence-corrected chi connectivity index (χ1v) is 8.05. The molecular weight excluding hydrogens is 387 g/mol. The van der Waals surface area contributed by atoms with Gasteiger partial charge in [0.05, 0.1) is 6.54 Å². The molecule has 0 radical (unpaired) electrons. The van der Waals surface area contributed by atoms with E-state index >= 15 is 0 Å². The Morgan fingerprint density at radius 2 is 1.95 bits per heavy atom. The number of halogens is 1. The Balaban J connectivity index is 0.00000176. The molecule has 1 aliphatic carbocycles. The van der Waals surface area contributed by atoms with Crippen LogP contribution in [0.15, 0.2) is 29.3 Å². The van der Waals surface area contributed by atoms with Crippen LogP contribution in [0.4, 0.5) is 0 Å². The topological polar surface area (TPSA) is 44.9 Å². The van der Waals surface area contributed by atoms with Gasteiger partial charge in [0.1, 0.15) is 0 Å². The van der Waals surface area contributed by atoms with Gasteiger partial charge < -0.3 is 10.6 Å². The molecule has 2 aliphatic rings. The number of hydrogen-bond donors (Lipinski definition) is 1. The number of likely N-dealkylation sites (tertiary alicyclic amines) is 1. The summed E-state index contributed by atoms with van der Waals surface area (Å²) in [6, 6.07) is 9.38. The highest BCUT2D eigenvalue weighted by Crippen LogP contribution is 2.25. The van der Waals surface area contributed by atoms with E-state index in [1.807, 2.05) is 7.05 Å². The van der Waals surface area contributed by atoms with E-state index < -0.39 is 0 Å². The predicted molar refractivity (Wildman–Crippen MR) is 102 cm³/mol. The van der Waals surface area contributed by atoms with E-state index in [1.165, 1.54) is 49.9 Å². The number of guanidine groups is 1. The predicted octanol–water partition coefficient (Wildman–Crippen LogP) is 2.81. The van der Waals surface area contributed by atoms with Crippen LogP contribution in [-0.4, -0.2) is 41.9 Å². The van der Waals surface area contributed by atoms with Gasteiger partial charge in [-0.1, -0.05) is 24.3 Å². The quantitative estimate of drug-likeness (QED) is 0.458. The average molecular weight is 414 g/mol. The summed E-state index contributed by atoms with van der Waals surface area (Å²) in [7, 11) is 2.04. The first kappa shape index (κ1) is 17.5. The lowest BCUT2D eigenvalue weighted by molar-refractivity contribution is 0.331. The van der Waals surface area contributed by atoms with Gasteiger partial charge in [-0.3, -0.25) is 4.90 Å². The van der Waals surface area contributed by atoms with Crippen LogP contribution in [0.2, 0.25) is 0 Å². The minimum Gasteiger partial charge on any atom is -0.370 e.